The Hall–Kier alpha value is -1.85. The lowest BCUT2D eigenvalue weighted by atomic mass is 10.1. The Morgan fingerprint density at radius 2 is 2.18 bits per heavy atom. The number of hydrogen-bond acceptors (Lipinski definition) is 4. The lowest BCUT2D eigenvalue weighted by Gasteiger charge is -2.23. The average molecular weight is 235 g/mol. The van der Waals surface area contributed by atoms with Gasteiger partial charge >= 0.3 is 11.9 Å². The van der Waals surface area contributed by atoms with E-state index in [0.717, 1.165) is 23.5 Å². The molecule has 90 valence electrons. The molecule has 2 heterocycles. The zero-order valence-electron chi connectivity index (χ0n) is 10.2. The van der Waals surface area contributed by atoms with Gasteiger partial charge in [0.25, 0.3) is 5.84 Å². The predicted octanol–water partition coefficient (Wildman–Crippen LogP) is 0.313. The Morgan fingerprint density at radius 3 is 2.82 bits per heavy atom. The number of carbonyl (C=O) groups is 2. The molecule has 0 saturated heterocycles. The molecule has 6 heteroatoms. The largest absolute Gasteiger partial charge is 0.445 e. The van der Waals surface area contributed by atoms with E-state index in [4.69, 9.17) is 0 Å². The summed E-state index contributed by atoms with van der Waals surface area (Å²) in [6.07, 6.45) is 3.38. The molecular formula is C11H15N4O2+. The maximum absolute atomic E-state index is 11.9. The number of urea groups is 1. The van der Waals surface area contributed by atoms with Crippen LogP contribution in [0.2, 0.25) is 0 Å². The molecule has 17 heavy (non-hydrogen) atoms. The first-order chi connectivity index (χ1) is 8.06. The van der Waals surface area contributed by atoms with Crippen LogP contribution in [0.4, 0.5) is 4.79 Å². The van der Waals surface area contributed by atoms with Crippen LogP contribution in [0, 0.1) is 0 Å². The zero-order valence-corrected chi connectivity index (χ0v) is 10.2. The molecule has 0 radical (unpaired) electrons. The molecule has 0 bridgehead atoms. The number of amidine groups is 1. The third kappa shape index (κ3) is 1.79. The smallest absolute Gasteiger partial charge is 0.260 e. The van der Waals surface area contributed by atoms with Gasteiger partial charge in [-0.15, -0.1) is 4.99 Å². The summed E-state index contributed by atoms with van der Waals surface area (Å²) in [5.74, 6) is 0.103. The average Bonchev–Trinajstić information content (AvgIpc) is 2.34. The molecule has 0 N–H and O–H groups in total. The van der Waals surface area contributed by atoms with Crippen molar-refractivity contribution >= 4 is 29.7 Å². The van der Waals surface area contributed by atoms with E-state index in [1.165, 1.54) is 11.6 Å². The molecule has 1 atom stereocenters. The second-order valence-corrected chi connectivity index (χ2v) is 4.13. The Bertz CT molecular complexity index is 476. The van der Waals surface area contributed by atoms with Crippen LogP contribution in [-0.2, 0) is 4.79 Å². The number of aliphatic imine (C=N–C) groups is 2. The van der Waals surface area contributed by atoms with Crippen LogP contribution in [0.1, 0.15) is 19.8 Å². The summed E-state index contributed by atoms with van der Waals surface area (Å²) >= 11 is 0. The van der Waals surface area contributed by atoms with Crippen molar-refractivity contribution in [2.75, 3.05) is 14.1 Å². The molecule has 0 aliphatic carbocycles. The molecule has 0 fully saturated rings. The van der Waals surface area contributed by atoms with Crippen LogP contribution >= 0.6 is 0 Å². The summed E-state index contributed by atoms with van der Waals surface area (Å²) in [6.45, 7) is 2.04. The Morgan fingerprint density at radius 1 is 1.47 bits per heavy atom. The second kappa shape index (κ2) is 4.20. The molecule has 0 aromatic carbocycles. The van der Waals surface area contributed by atoms with E-state index in [9.17, 15) is 9.59 Å². The Kier molecular flexibility index (Phi) is 2.87. The van der Waals surface area contributed by atoms with Gasteiger partial charge in [0.2, 0.25) is 6.04 Å². The number of amides is 3. The summed E-state index contributed by atoms with van der Waals surface area (Å²) in [6, 6.07) is -1.03. The molecular weight excluding hydrogens is 220 g/mol. The molecule has 6 nitrogen and oxygen atoms in total. The van der Waals surface area contributed by atoms with Crippen molar-refractivity contribution in [3.8, 4) is 0 Å². The highest BCUT2D eigenvalue weighted by molar-refractivity contribution is 6.36. The van der Waals surface area contributed by atoms with Gasteiger partial charge in [-0.25, -0.2) is 4.79 Å². The van der Waals surface area contributed by atoms with E-state index in [1.54, 1.807) is 13.3 Å². The molecule has 0 spiro atoms. The third-order valence-electron chi connectivity index (χ3n) is 2.87. The number of likely N-dealkylation sites (N-methyl/N-ethyl adjacent to an activating group) is 1. The van der Waals surface area contributed by atoms with Crippen molar-refractivity contribution in [1.29, 1.82) is 0 Å². The number of hydrogen-bond donors (Lipinski definition) is 0. The van der Waals surface area contributed by atoms with E-state index in [2.05, 4.69) is 9.98 Å². The van der Waals surface area contributed by atoms with Gasteiger partial charge in [-0.1, -0.05) is 13.3 Å². The van der Waals surface area contributed by atoms with Gasteiger partial charge in [-0.05, 0) is 6.42 Å². The topological polar surface area (TPSA) is 65.1 Å². The van der Waals surface area contributed by atoms with Gasteiger partial charge in [0.15, 0.2) is 0 Å². The number of nitrogens with zero attached hydrogens (tertiary/aromatic N) is 4. The Balaban J connectivity index is 2.43. The number of fused-ring (bicyclic) bond motifs is 1. The van der Waals surface area contributed by atoms with Crippen LogP contribution in [0.3, 0.4) is 0 Å². The predicted molar refractivity (Wildman–Crippen MR) is 64.0 cm³/mol. The maximum atomic E-state index is 11.9. The molecule has 2 aliphatic heterocycles. The van der Waals surface area contributed by atoms with Crippen molar-refractivity contribution < 1.29 is 14.2 Å². The second-order valence-electron chi connectivity index (χ2n) is 4.13. The van der Waals surface area contributed by atoms with Gasteiger partial charge in [-0.3, -0.25) is 9.79 Å². The van der Waals surface area contributed by atoms with Crippen molar-refractivity contribution in [2.45, 2.75) is 25.8 Å². The SMILES string of the molecule is CCCC1=NC2C(=O)N(C)C(=O)[N+](C)=C2N=C1. The van der Waals surface area contributed by atoms with Crippen LogP contribution in [-0.4, -0.2) is 59.3 Å². The monoisotopic (exact) mass is 235 g/mol. The quantitative estimate of drug-likeness (QED) is 0.647. The molecule has 1 unspecified atom stereocenters. The summed E-state index contributed by atoms with van der Waals surface area (Å²) in [7, 11) is 3.07. The minimum absolute atomic E-state index is 0.312. The van der Waals surface area contributed by atoms with Crippen LogP contribution in [0.25, 0.3) is 0 Å². The molecule has 0 aromatic heterocycles. The molecule has 0 saturated carbocycles. The van der Waals surface area contributed by atoms with E-state index in [-0.39, 0.29) is 11.9 Å². The zero-order chi connectivity index (χ0) is 12.6. The van der Waals surface area contributed by atoms with Gasteiger partial charge in [0.1, 0.15) is 6.21 Å². The van der Waals surface area contributed by atoms with Crippen molar-refractivity contribution in [2.24, 2.45) is 9.98 Å². The van der Waals surface area contributed by atoms with Crippen LogP contribution in [0.15, 0.2) is 9.98 Å². The highest BCUT2D eigenvalue weighted by Gasteiger charge is 2.45. The van der Waals surface area contributed by atoms with E-state index >= 15 is 0 Å². The molecule has 2 aliphatic rings. The third-order valence-corrected chi connectivity index (χ3v) is 2.87. The fourth-order valence-electron chi connectivity index (χ4n) is 1.89. The molecule has 2 rings (SSSR count). The van der Waals surface area contributed by atoms with Gasteiger partial charge in [0, 0.05) is 0 Å². The van der Waals surface area contributed by atoms with E-state index < -0.39 is 6.04 Å². The first kappa shape index (κ1) is 11.6. The number of rotatable bonds is 2. The standard InChI is InChI=1S/C11H15N4O2/c1-4-5-7-6-12-9-8(13-7)10(16)15(3)11(17)14(9)2/h6,8H,4-5H2,1-3H3/q+1. The minimum Gasteiger partial charge on any atom is -0.260 e. The first-order valence-corrected chi connectivity index (χ1v) is 5.59. The van der Waals surface area contributed by atoms with Gasteiger partial charge in [-0.2, -0.15) is 9.48 Å². The summed E-state index contributed by atoms with van der Waals surface area (Å²) in [5, 5.41) is 0. The summed E-state index contributed by atoms with van der Waals surface area (Å²) in [4.78, 5) is 33.3. The van der Waals surface area contributed by atoms with Crippen LogP contribution in [0.5, 0.6) is 0 Å². The summed E-state index contributed by atoms with van der Waals surface area (Å²) in [5.41, 5.74) is 0.811. The highest BCUT2D eigenvalue weighted by atomic mass is 16.2. The molecule has 0 aromatic rings. The maximum Gasteiger partial charge on any atom is 0.445 e. The fourth-order valence-corrected chi connectivity index (χ4v) is 1.89. The highest BCUT2D eigenvalue weighted by Crippen LogP contribution is 2.13. The Labute approximate surface area is 99.4 Å². The lowest BCUT2D eigenvalue weighted by Crippen LogP contribution is -2.54. The normalized spacial score (nSPS) is 24.1. The lowest BCUT2D eigenvalue weighted by molar-refractivity contribution is -0.406. The summed E-state index contributed by atoms with van der Waals surface area (Å²) < 4.78 is 1.37. The van der Waals surface area contributed by atoms with Crippen molar-refractivity contribution in [3.63, 3.8) is 0 Å². The molecule has 3 amide bonds. The van der Waals surface area contributed by atoms with Crippen LogP contribution < -0.4 is 0 Å². The fraction of sp³-hybridized carbons (Fsp3) is 0.545. The minimum atomic E-state index is -0.658. The van der Waals surface area contributed by atoms with Crippen molar-refractivity contribution in [1.82, 2.24) is 4.90 Å². The number of imide groups is 1. The van der Waals surface area contributed by atoms with E-state index in [0.29, 0.717) is 5.84 Å². The van der Waals surface area contributed by atoms with Gasteiger partial charge < -0.3 is 0 Å². The van der Waals surface area contributed by atoms with Gasteiger partial charge in [0.05, 0.1) is 19.8 Å². The van der Waals surface area contributed by atoms with Crippen molar-refractivity contribution in [3.05, 3.63) is 0 Å². The van der Waals surface area contributed by atoms with E-state index in [1.807, 2.05) is 6.92 Å². The number of carbonyl (C=O) groups excluding carboxylic acids is 2. The first-order valence-electron chi connectivity index (χ1n) is 5.59.